The van der Waals surface area contributed by atoms with Crippen molar-refractivity contribution in [2.24, 2.45) is 5.92 Å². The van der Waals surface area contributed by atoms with E-state index in [2.05, 4.69) is 11.4 Å². The van der Waals surface area contributed by atoms with Gasteiger partial charge in [0, 0.05) is 11.1 Å². The van der Waals surface area contributed by atoms with E-state index in [1.54, 1.807) is 18.2 Å². The van der Waals surface area contributed by atoms with Crippen LogP contribution in [0.25, 0.3) is 0 Å². The van der Waals surface area contributed by atoms with Crippen molar-refractivity contribution >= 4 is 23.3 Å². The van der Waals surface area contributed by atoms with Crippen molar-refractivity contribution < 1.29 is 9.90 Å². The van der Waals surface area contributed by atoms with E-state index >= 15 is 0 Å². The van der Waals surface area contributed by atoms with Crippen molar-refractivity contribution in [3.63, 3.8) is 0 Å². The third-order valence-electron chi connectivity index (χ3n) is 3.24. The van der Waals surface area contributed by atoms with Gasteiger partial charge in [-0.25, -0.2) is 0 Å². The third-order valence-corrected chi connectivity index (χ3v) is 3.48. The van der Waals surface area contributed by atoms with Crippen molar-refractivity contribution in [3.05, 3.63) is 28.8 Å². The summed E-state index contributed by atoms with van der Waals surface area (Å²) in [4.78, 5) is 10.9. The molecule has 0 heterocycles. The molecule has 0 aliphatic heterocycles. The number of hydrogen-bond donors (Lipinski definition) is 2. The molecule has 1 aromatic rings. The van der Waals surface area contributed by atoms with E-state index in [9.17, 15) is 4.79 Å². The fraction of sp³-hybridized carbons (Fsp3) is 0.385. The quantitative estimate of drug-likeness (QED) is 0.880. The average molecular weight is 265 g/mol. The topological polar surface area (TPSA) is 73.1 Å². The molecule has 1 aliphatic carbocycles. The molecular weight excluding hydrogens is 252 g/mol. The lowest BCUT2D eigenvalue weighted by Gasteiger charge is -2.15. The molecule has 1 aromatic carbocycles. The van der Waals surface area contributed by atoms with Crippen molar-refractivity contribution in [2.45, 2.75) is 25.3 Å². The predicted octanol–water partition coefficient (Wildman–Crippen LogP) is 2.88. The number of carboxylic acid groups (broad SMARTS) is 1. The molecule has 0 amide bonds. The van der Waals surface area contributed by atoms with Crippen LogP contribution in [0.5, 0.6) is 0 Å². The number of anilines is 1. The summed E-state index contributed by atoms with van der Waals surface area (Å²) >= 11 is 5.89. The van der Waals surface area contributed by atoms with Crippen molar-refractivity contribution in [3.8, 4) is 6.07 Å². The second kappa shape index (κ2) is 5.28. The monoisotopic (exact) mass is 264 g/mol. The van der Waals surface area contributed by atoms with Gasteiger partial charge in [-0.1, -0.05) is 11.6 Å². The standard InChI is InChI=1S/C13H13ClN2O2/c14-10-3-1-9(7-15)12(6-10)16-11-4-2-8(5-11)13(17)18/h1,3,6,8,11,16H,2,4-5H2,(H,17,18). The maximum Gasteiger partial charge on any atom is 0.306 e. The molecule has 0 radical (unpaired) electrons. The number of nitrogens with zero attached hydrogens (tertiary/aromatic N) is 1. The molecule has 0 saturated heterocycles. The van der Waals surface area contributed by atoms with Gasteiger partial charge in [0.25, 0.3) is 0 Å². The molecule has 2 unspecified atom stereocenters. The molecule has 1 fully saturated rings. The molecule has 0 aromatic heterocycles. The Bertz CT molecular complexity index is 510. The lowest BCUT2D eigenvalue weighted by molar-refractivity contribution is -0.141. The molecule has 1 aliphatic rings. The summed E-state index contributed by atoms with van der Waals surface area (Å²) in [6, 6.07) is 7.22. The first-order chi connectivity index (χ1) is 8.60. The molecule has 0 spiro atoms. The van der Waals surface area contributed by atoms with Gasteiger partial charge < -0.3 is 10.4 Å². The second-order valence-corrected chi connectivity index (χ2v) is 4.93. The van der Waals surface area contributed by atoms with E-state index in [0.717, 1.165) is 6.42 Å². The Balaban J connectivity index is 2.09. The minimum atomic E-state index is -0.745. The van der Waals surface area contributed by atoms with Crippen LogP contribution in [0.1, 0.15) is 24.8 Å². The Labute approximate surface area is 110 Å². The fourth-order valence-electron chi connectivity index (χ4n) is 2.29. The van der Waals surface area contributed by atoms with Gasteiger partial charge in [0.2, 0.25) is 0 Å². The Morgan fingerprint density at radius 2 is 2.28 bits per heavy atom. The predicted molar refractivity (Wildman–Crippen MR) is 68.6 cm³/mol. The summed E-state index contributed by atoms with van der Waals surface area (Å²) in [5, 5.41) is 21.7. The number of nitriles is 1. The molecule has 94 valence electrons. The summed E-state index contributed by atoms with van der Waals surface area (Å²) in [5.74, 6) is -1.03. The number of hydrogen-bond acceptors (Lipinski definition) is 3. The zero-order chi connectivity index (χ0) is 13.1. The minimum Gasteiger partial charge on any atom is -0.481 e. The first-order valence-electron chi connectivity index (χ1n) is 5.79. The molecule has 2 rings (SSSR count). The SMILES string of the molecule is N#Cc1ccc(Cl)cc1NC1CCC(C(=O)O)C1. The summed E-state index contributed by atoms with van der Waals surface area (Å²) in [6.45, 7) is 0. The number of halogens is 1. The number of carbonyl (C=O) groups is 1. The van der Waals surface area contributed by atoms with Crippen molar-refractivity contribution in [1.82, 2.24) is 0 Å². The van der Waals surface area contributed by atoms with E-state index < -0.39 is 5.97 Å². The van der Waals surface area contributed by atoms with Gasteiger partial charge in [-0.05, 0) is 37.5 Å². The lowest BCUT2D eigenvalue weighted by atomic mass is 10.1. The minimum absolute atomic E-state index is 0.0941. The van der Waals surface area contributed by atoms with Crippen LogP contribution < -0.4 is 5.32 Å². The van der Waals surface area contributed by atoms with Gasteiger partial charge in [-0.3, -0.25) is 4.79 Å². The van der Waals surface area contributed by atoms with Crippen LogP contribution in [0.15, 0.2) is 18.2 Å². The lowest BCUT2D eigenvalue weighted by Crippen LogP contribution is -2.18. The summed E-state index contributed by atoms with van der Waals surface area (Å²) in [7, 11) is 0. The smallest absolute Gasteiger partial charge is 0.306 e. The maximum atomic E-state index is 10.9. The van der Waals surface area contributed by atoms with Crippen molar-refractivity contribution in [2.75, 3.05) is 5.32 Å². The first kappa shape index (κ1) is 12.7. The normalized spacial score (nSPS) is 22.4. The molecular formula is C13H13ClN2O2. The zero-order valence-corrected chi connectivity index (χ0v) is 10.4. The molecule has 5 heteroatoms. The van der Waals surface area contributed by atoms with Gasteiger partial charge in [0.15, 0.2) is 0 Å². The van der Waals surface area contributed by atoms with Crippen LogP contribution in [0.4, 0.5) is 5.69 Å². The second-order valence-electron chi connectivity index (χ2n) is 4.49. The highest BCUT2D eigenvalue weighted by Gasteiger charge is 2.29. The van der Waals surface area contributed by atoms with Crippen molar-refractivity contribution in [1.29, 1.82) is 5.26 Å². The molecule has 1 saturated carbocycles. The largest absolute Gasteiger partial charge is 0.481 e. The number of aliphatic carboxylic acids is 1. The van der Waals surface area contributed by atoms with E-state index in [0.29, 0.717) is 29.1 Å². The number of carboxylic acids is 1. The maximum absolute atomic E-state index is 10.9. The molecule has 0 bridgehead atoms. The van der Waals surface area contributed by atoms with Gasteiger partial charge in [0.05, 0.1) is 17.2 Å². The Hall–Kier alpha value is -1.73. The van der Waals surface area contributed by atoms with Gasteiger partial charge in [-0.2, -0.15) is 5.26 Å². The van der Waals surface area contributed by atoms with E-state index in [4.69, 9.17) is 22.0 Å². The van der Waals surface area contributed by atoms with Gasteiger partial charge >= 0.3 is 5.97 Å². The zero-order valence-electron chi connectivity index (χ0n) is 9.69. The van der Waals surface area contributed by atoms with Crippen LogP contribution in [0.3, 0.4) is 0 Å². The Morgan fingerprint density at radius 3 is 2.89 bits per heavy atom. The third kappa shape index (κ3) is 2.74. The number of rotatable bonds is 3. The average Bonchev–Trinajstić information content (AvgIpc) is 2.78. The summed E-state index contributed by atoms with van der Waals surface area (Å²) in [5.41, 5.74) is 1.21. The highest BCUT2D eigenvalue weighted by atomic mass is 35.5. The Kier molecular flexibility index (Phi) is 3.73. The van der Waals surface area contributed by atoms with Gasteiger partial charge in [0.1, 0.15) is 6.07 Å². The van der Waals surface area contributed by atoms with Crippen LogP contribution in [0.2, 0.25) is 5.02 Å². The molecule has 18 heavy (non-hydrogen) atoms. The van der Waals surface area contributed by atoms with E-state index in [-0.39, 0.29) is 12.0 Å². The highest BCUT2D eigenvalue weighted by molar-refractivity contribution is 6.30. The number of nitrogens with one attached hydrogen (secondary N) is 1. The van der Waals surface area contributed by atoms with E-state index in [1.165, 1.54) is 0 Å². The fourth-order valence-corrected chi connectivity index (χ4v) is 2.46. The Morgan fingerprint density at radius 1 is 1.50 bits per heavy atom. The first-order valence-corrected chi connectivity index (χ1v) is 6.17. The van der Waals surface area contributed by atoms with Crippen LogP contribution in [0, 0.1) is 17.2 Å². The summed E-state index contributed by atoms with van der Waals surface area (Å²) in [6.07, 6.45) is 2.07. The molecule has 2 N–H and O–H groups in total. The van der Waals surface area contributed by atoms with Crippen LogP contribution in [-0.2, 0) is 4.79 Å². The highest BCUT2D eigenvalue weighted by Crippen LogP contribution is 2.30. The molecule has 4 nitrogen and oxygen atoms in total. The van der Waals surface area contributed by atoms with Crippen LogP contribution in [-0.4, -0.2) is 17.1 Å². The van der Waals surface area contributed by atoms with Crippen LogP contribution >= 0.6 is 11.6 Å². The summed E-state index contributed by atoms with van der Waals surface area (Å²) < 4.78 is 0. The van der Waals surface area contributed by atoms with Gasteiger partial charge in [-0.15, -0.1) is 0 Å². The molecule has 2 atom stereocenters. The number of benzene rings is 1. The van der Waals surface area contributed by atoms with E-state index in [1.807, 2.05) is 0 Å².